The summed E-state index contributed by atoms with van der Waals surface area (Å²) in [5.41, 5.74) is 2.27. The van der Waals surface area contributed by atoms with Gasteiger partial charge in [-0.3, -0.25) is 9.59 Å². The van der Waals surface area contributed by atoms with E-state index in [1.807, 2.05) is 0 Å². The summed E-state index contributed by atoms with van der Waals surface area (Å²) < 4.78 is 27.2. The molecule has 4 aromatic rings. The largest absolute Gasteiger partial charge is 0.493 e. The van der Waals surface area contributed by atoms with Gasteiger partial charge in [-0.2, -0.15) is 0 Å². The van der Waals surface area contributed by atoms with Gasteiger partial charge in [-0.25, -0.2) is 14.8 Å². The van der Waals surface area contributed by atoms with Crippen LogP contribution in [0.15, 0.2) is 60.3 Å². The van der Waals surface area contributed by atoms with Crippen molar-refractivity contribution < 1.29 is 38.1 Å². The van der Waals surface area contributed by atoms with E-state index in [2.05, 4.69) is 20.3 Å². The van der Waals surface area contributed by atoms with Crippen LogP contribution in [-0.2, 0) is 19.1 Å². The molecule has 0 unspecified atom stereocenters. The molecule has 1 aliphatic carbocycles. The third kappa shape index (κ3) is 5.65. The van der Waals surface area contributed by atoms with Crippen LogP contribution in [0.4, 0.5) is 5.82 Å². The van der Waals surface area contributed by atoms with E-state index in [4.69, 9.17) is 23.7 Å². The Morgan fingerprint density at radius 1 is 0.976 bits per heavy atom. The van der Waals surface area contributed by atoms with Crippen molar-refractivity contribution in [1.82, 2.24) is 15.0 Å². The molecule has 0 bridgehead atoms. The minimum atomic E-state index is -0.530. The first-order valence-electron chi connectivity index (χ1n) is 13.0. The van der Waals surface area contributed by atoms with E-state index >= 15 is 0 Å². The lowest BCUT2D eigenvalue weighted by Gasteiger charge is -2.16. The van der Waals surface area contributed by atoms with Crippen molar-refractivity contribution in [3.8, 4) is 17.2 Å². The Kier molecular flexibility index (Phi) is 8.16. The molecule has 12 nitrogen and oxygen atoms in total. The molecule has 0 saturated heterocycles. The molecule has 0 spiro atoms. The summed E-state index contributed by atoms with van der Waals surface area (Å²) in [7, 11) is 3.08. The zero-order chi connectivity index (χ0) is 29.8. The number of rotatable bonds is 11. The molecule has 2 aromatic heterocycles. The van der Waals surface area contributed by atoms with Crippen molar-refractivity contribution in [3.63, 3.8) is 0 Å². The lowest BCUT2D eigenvalue weighted by Crippen LogP contribution is -2.21. The maximum atomic E-state index is 13.0. The van der Waals surface area contributed by atoms with E-state index in [0.717, 1.165) is 12.2 Å². The summed E-state index contributed by atoms with van der Waals surface area (Å²) in [6, 6.07) is 8.36. The normalized spacial score (nSPS) is 13.1. The van der Waals surface area contributed by atoms with Gasteiger partial charge in [-0.1, -0.05) is 0 Å². The van der Waals surface area contributed by atoms with Gasteiger partial charge in [0.2, 0.25) is 11.6 Å². The Labute approximate surface area is 240 Å². The van der Waals surface area contributed by atoms with Crippen LogP contribution in [0.2, 0.25) is 0 Å². The smallest absolute Gasteiger partial charge is 0.340 e. The van der Waals surface area contributed by atoms with E-state index in [1.165, 1.54) is 13.4 Å². The third-order valence-corrected chi connectivity index (χ3v) is 6.43. The van der Waals surface area contributed by atoms with Crippen LogP contribution in [0, 0.1) is 6.92 Å². The monoisotopic (exact) mass is 572 g/mol. The molecule has 216 valence electrons. The first-order valence-corrected chi connectivity index (χ1v) is 13.0. The van der Waals surface area contributed by atoms with E-state index in [0.29, 0.717) is 63.6 Å². The van der Waals surface area contributed by atoms with Crippen LogP contribution in [0.3, 0.4) is 0 Å². The van der Waals surface area contributed by atoms with Crippen molar-refractivity contribution in [2.75, 3.05) is 39.4 Å². The average molecular weight is 573 g/mol. The van der Waals surface area contributed by atoms with E-state index < -0.39 is 17.5 Å². The van der Waals surface area contributed by atoms with Crippen LogP contribution in [0.5, 0.6) is 17.2 Å². The van der Waals surface area contributed by atoms with Crippen molar-refractivity contribution in [2.24, 2.45) is 0 Å². The number of aryl methyl sites for hydroxylation is 1. The number of carbonyl (C=O) groups excluding carboxylic acids is 3. The maximum Gasteiger partial charge on any atom is 0.340 e. The van der Waals surface area contributed by atoms with E-state index in [9.17, 15) is 14.4 Å². The van der Waals surface area contributed by atoms with E-state index in [1.54, 1.807) is 51.3 Å². The van der Waals surface area contributed by atoms with Gasteiger partial charge in [0.25, 0.3) is 0 Å². The number of hydrogen-bond donors (Lipinski definition) is 2. The average Bonchev–Trinajstić information content (AvgIpc) is 3.30. The van der Waals surface area contributed by atoms with Gasteiger partial charge in [0.15, 0.2) is 17.3 Å². The fourth-order valence-corrected chi connectivity index (χ4v) is 4.48. The van der Waals surface area contributed by atoms with Crippen molar-refractivity contribution in [3.05, 3.63) is 71.5 Å². The molecule has 2 N–H and O–H groups in total. The number of H-pyrrole nitrogens is 1. The van der Waals surface area contributed by atoms with Gasteiger partial charge in [0, 0.05) is 47.3 Å². The molecule has 0 atom stereocenters. The van der Waals surface area contributed by atoms with Gasteiger partial charge in [-0.05, 0) is 38.1 Å². The Morgan fingerprint density at radius 2 is 1.81 bits per heavy atom. The Bertz CT molecular complexity index is 1770. The number of nitrogens with one attached hydrogen (secondary N) is 2. The molecule has 0 aliphatic heterocycles. The molecule has 2 aromatic carbocycles. The number of aromatic nitrogens is 3. The minimum absolute atomic E-state index is 0.00745. The number of methoxy groups -OCH3 is 2. The second-order valence-corrected chi connectivity index (χ2v) is 9.16. The van der Waals surface area contributed by atoms with Gasteiger partial charge in [0.1, 0.15) is 24.5 Å². The summed E-state index contributed by atoms with van der Waals surface area (Å²) in [5.74, 6) is -0.165. The lowest BCUT2D eigenvalue weighted by molar-refractivity contribution is -0.116. The highest BCUT2D eigenvalue weighted by Gasteiger charge is 2.24. The zero-order valence-electron chi connectivity index (χ0n) is 23.4. The first kappa shape index (κ1) is 28.3. The maximum absolute atomic E-state index is 13.0. The van der Waals surface area contributed by atoms with E-state index in [-0.39, 0.29) is 23.8 Å². The number of hydrogen-bond acceptors (Lipinski definition) is 11. The highest BCUT2D eigenvalue weighted by Crippen LogP contribution is 2.35. The minimum Gasteiger partial charge on any atom is -0.493 e. The number of carbonyl (C=O) groups is 3. The molecule has 2 heterocycles. The van der Waals surface area contributed by atoms with Crippen molar-refractivity contribution in [1.29, 1.82) is 0 Å². The number of ether oxygens (including phenoxy) is 5. The summed E-state index contributed by atoms with van der Waals surface area (Å²) in [5, 5.41) is 4.07. The van der Waals surface area contributed by atoms with Crippen LogP contribution >= 0.6 is 0 Å². The second-order valence-electron chi connectivity index (χ2n) is 9.16. The quantitative estimate of drug-likeness (QED) is 0.152. The Hall–Kier alpha value is -5.23. The van der Waals surface area contributed by atoms with Crippen LogP contribution < -0.4 is 19.5 Å². The fourth-order valence-electron chi connectivity index (χ4n) is 4.48. The predicted octanol–water partition coefficient (Wildman–Crippen LogP) is 4.04. The molecule has 42 heavy (non-hydrogen) atoms. The van der Waals surface area contributed by atoms with Gasteiger partial charge in [-0.15, -0.1) is 0 Å². The van der Waals surface area contributed by atoms with Gasteiger partial charge >= 0.3 is 5.97 Å². The van der Waals surface area contributed by atoms with Crippen LogP contribution in [0.25, 0.3) is 21.8 Å². The molecule has 0 amide bonds. The molecule has 0 fully saturated rings. The summed E-state index contributed by atoms with van der Waals surface area (Å²) in [6.45, 7) is 4.45. The number of aromatic amines is 1. The van der Waals surface area contributed by atoms with Crippen LogP contribution in [0.1, 0.15) is 23.0 Å². The topological polar surface area (TPSA) is 151 Å². The molecule has 0 radical (unpaired) electrons. The summed E-state index contributed by atoms with van der Waals surface area (Å²) in [4.78, 5) is 50.2. The standard InChI is InChI=1S/C30H28N4O8/c1-5-40-30(37)28-16(2)33-20-7-6-17(10-18(20)28)42-25-14-23(35)22(12-24(25)36)34-29-19-11-26(39-4)27(41-9-8-38-3)13-21(19)31-15-32-29/h6-7,10-15,33H,5,8-9H2,1-4H3,(H,31,32,34). The van der Waals surface area contributed by atoms with Crippen molar-refractivity contribution in [2.45, 2.75) is 13.8 Å². The predicted molar refractivity (Wildman–Crippen MR) is 153 cm³/mol. The van der Waals surface area contributed by atoms with Gasteiger partial charge in [0.05, 0.1) is 37.1 Å². The highest BCUT2D eigenvalue weighted by atomic mass is 16.5. The SMILES string of the molecule is CCOC(=O)c1c(C)[nH]c2ccc(OC3=CC(=O)C(Nc4ncnc5cc(OCCOC)c(OC)cc45)=CC3=O)cc12. The number of ketones is 2. The summed E-state index contributed by atoms with van der Waals surface area (Å²) >= 11 is 0. The first-order chi connectivity index (χ1) is 20.3. The molecule has 0 saturated carbocycles. The second kappa shape index (κ2) is 12.1. The number of nitrogens with zero attached hydrogens (tertiary/aromatic N) is 2. The molecule has 12 heteroatoms. The highest BCUT2D eigenvalue weighted by molar-refractivity contribution is 6.20. The number of benzene rings is 2. The fraction of sp³-hybridized carbons (Fsp3) is 0.233. The van der Waals surface area contributed by atoms with Crippen molar-refractivity contribution >= 4 is 45.2 Å². The number of fused-ring (bicyclic) bond motifs is 2. The molecular formula is C30H28N4O8. The molecule has 5 rings (SSSR count). The third-order valence-electron chi connectivity index (χ3n) is 6.43. The Morgan fingerprint density at radius 3 is 2.57 bits per heavy atom. The van der Waals surface area contributed by atoms with Gasteiger partial charge < -0.3 is 34.0 Å². The van der Waals surface area contributed by atoms with Crippen LogP contribution in [-0.4, -0.2) is 66.5 Å². The Balaban J connectivity index is 1.37. The molecule has 1 aliphatic rings. The number of allylic oxidation sites excluding steroid dienone is 2. The lowest BCUT2D eigenvalue weighted by atomic mass is 10.1. The summed E-state index contributed by atoms with van der Waals surface area (Å²) in [6.07, 6.45) is 3.59. The number of esters is 1. The number of anilines is 1. The zero-order valence-corrected chi connectivity index (χ0v) is 23.4. The molecular weight excluding hydrogens is 544 g/mol.